The Balaban J connectivity index is 2.22. The van der Waals surface area contributed by atoms with E-state index in [0.29, 0.717) is 25.3 Å². The maximum atomic E-state index is 12.4. The Morgan fingerprint density at radius 3 is 3.06 bits per heavy atom. The van der Waals surface area contributed by atoms with E-state index < -0.39 is 0 Å². The average molecular weight is 249 g/mol. The molecule has 0 aliphatic carbocycles. The van der Waals surface area contributed by atoms with Crippen LogP contribution in [0.25, 0.3) is 0 Å². The van der Waals surface area contributed by atoms with E-state index in [-0.39, 0.29) is 12.0 Å². The summed E-state index contributed by atoms with van der Waals surface area (Å²) in [5, 5.41) is 3.05. The molecule has 0 spiro atoms. The number of morpholine rings is 1. The van der Waals surface area contributed by atoms with Crippen LogP contribution in [-0.4, -0.2) is 48.6 Å². The number of aryl methyl sites for hydroxylation is 1. The highest BCUT2D eigenvalue weighted by Gasteiger charge is 2.24. The number of anilines is 1. The molecule has 1 aromatic heterocycles. The van der Waals surface area contributed by atoms with E-state index in [9.17, 15) is 4.79 Å². The van der Waals surface area contributed by atoms with Gasteiger partial charge in [-0.3, -0.25) is 9.78 Å². The highest BCUT2D eigenvalue weighted by atomic mass is 16.5. The fourth-order valence-electron chi connectivity index (χ4n) is 2.11. The molecule has 1 saturated heterocycles. The minimum Gasteiger partial charge on any atom is -0.387 e. The Labute approximate surface area is 107 Å². The first kappa shape index (κ1) is 12.8. The standard InChI is InChI=1S/C13H19N3O2/c1-9-6-12(14-3)11(7-15-9)13(17)16-4-5-18-10(2)8-16/h6-7,10H,4-5,8H2,1-3H3,(H,14,15). The lowest BCUT2D eigenvalue weighted by Crippen LogP contribution is -2.44. The second-order valence-electron chi connectivity index (χ2n) is 4.55. The number of amides is 1. The van der Waals surface area contributed by atoms with Crippen molar-refractivity contribution in [3.05, 3.63) is 23.5 Å². The van der Waals surface area contributed by atoms with Crippen LogP contribution >= 0.6 is 0 Å². The summed E-state index contributed by atoms with van der Waals surface area (Å²) in [6.45, 7) is 5.76. The number of rotatable bonds is 2. The lowest BCUT2D eigenvalue weighted by Gasteiger charge is -2.31. The summed E-state index contributed by atoms with van der Waals surface area (Å²) in [6.07, 6.45) is 1.74. The molecule has 1 N–H and O–H groups in total. The summed E-state index contributed by atoms with van der Waals surface area (Å²) < 4.78 is 5.44. The van der Waals surface area contributed by atoms with E-state index in [1.54, 1.807) is 6.20 Å². The normalized spacial score (nSPS) is 19.7. The summed E-state index contributed by atoms with van der Waals surface area (Å²) in [6, 6.07) is 1.89. The van der Waals surface area contributed by atoms with Crippen molar-refractivity contribution in [1.82, 2.24) is 9.88 Å². The summed E-state index contributed by atoms with van der Waals surface area (Å²) in [5.74, 6) is 0.0157. The molecule has 5 nitrogen and oxygen atoms in total. The molecule has 5 heteroatoms. The van der Waals surface area contributed by atoms with Gasteiger partial charge in [-0.1, -0.05) is 0 Å². The predicted molar refractivity (Wildman–Crippen MR) is 69.8 cm³/mol. The molecule has 0 saturated carbocycles. The van der Waals surface area contributed by atoms with Gasteiger partial charge in [0.05, 0.1) is 24.0 Å². The second kappa shape index (κ2) is 5.35. The average Bonchev–Trinajstić information content (AvgIpc) is 2.37. The zero-order valence-corrected chi connectivity index (χ0v) is 11.1. The summed E-state index contributed by atoms with van der Waals surface area (Å²) >= 11 is 0. The summed E-state index contributed by atoms with van der Waals surface area (Å²) in [4.78, 5) is 18.5. The first-order chi connectivity index (χ1) is 8.61. The van der Waals surface area contributed by atoms with Crippen LogP contribution in [0.2, 0.25) is 0 Å². The van der Waals surface area contributed by atoms with Crippen LogP contribution in [0.5, 0.6) is 0 Å². The van der Waals surface area contributed by atoms with Gasteiger partial charge in [-0.15, -0.1) is 0 Å². The summed E-state index contributed by atoms with van der Waals surface area (Å²) in [7, 11) is 1.81. The number of ether oxygens (including phenoxy) is 1. The SMILES string of the molecule is CNc1cc(C)ncc1C(=O)N1CCOC(C)C1. The topological polar surface area (TPSA) is 54.5 Å². The zero-order chi connectivity index (χ0) is 13.1. The minimum absolute atomic E-state index is 0.0157. The Bertz CT molecular complexity index is 448. The van der Waals surface area contributed by atoms with Gasteiger partial charge in [-0.25, -0.2) is 0 Å². The van der Waals surface area contributed by atoms with Gasteiger partial charge in [0.1, 0.15) is 0 Å². The van der Waals surface area contributed by atoms with Crippen LogP contribution in [0.1, 0.15) is 23.0 Å². The number of hydrogen-bond acceptors (Lipinski definition) is 4. The molecule has 98 valence electrons. The molecule has 1 aliphatic rings. The fourth-order valence-corrected chi connectivity index (χ4v) is 2.11. The smallest absolute Gasteiger partial charge is 0.257 e. The van der Waals surface area contributed by atoms with Crippen molar-refractivity contribution in [2.45, 2.75) is 20.0 Å². The maximum absolute atomic E-state index is 12.4. The van der Waals surface area contributed by atoms with Crippen molar-refractivity contribution in [1.29, 1.82) is 0 Å². The zero-order valence-electron chi connectivity index (χ0n) is 11.1. The molecule has 2 rings (SSSR count). The molecular weight excluding hydrogens is 230 g/mol. The molecule has 1 fully saturated rings. The van der Waals surface area contributed by atoms with Crippen molar-refractivity contribution in [3.63, 3.8) is 0 Å². The lowest BCUT2D eigenvalue weighted by atomic mass is 10.1. The number of carbonyl (C=O) groups is 1. The highest BCUT2D eigenvalue weighted by molar-refractivity contribution is 5.99. The van der Waals surface area contributed by atoms with Gasteiger partial charge < -0.3 is 15.0 Å². The highest BCUT2D eigenvalue weighted by Crippen LogP contribution is 2.18. The number of nitrogens with one attached hydrogen (secondary N) is 1. The molecule has 1 aromatic rings. The van der Waals surface area contributed by atoms with Gasteiger partial charge in [0.2, 0.25) is 0 Å². The fraction of sp³-hybridized carbons (Fsp3) is 0.538. The van der Waals surface area contributed by atoms with Crippen LogP contribution < -0.4 is 5.32 Å². The van der Waals surface area contributed by atoms with Gasteiger partial charge in [0.25, 0.3) is 5.91 Å². The maximum Gasteiger partial charge on any atom is 0.257 e. The quantitative estimate of drug-likeness (QED) is 0.858. The Morgan fingerprint density at radius 2 is 2.39 bits per heavy atom. The Morgan fingerprint density at radius 1 is 1.61 bits per heavy atom. The van der Waals surface area contributed by atoms with Crippen LogP contribution in [-0.2, 0) is 4.74 Å². The van der Waals surface area contributed by atoms with Gasteiger partial charge >= 0.3 is 0 Å². The molecule has 1 atom stereocenters. The number of nitrogens with zero attached hydrogens (tertiary/aromatic N) is 2. The minimum atomic E-state index is 0.0157. The van der Waals surface area contributed by atoms with Gasteiger partial charge in [-0.2, -0.15) is 0 Å². The monoisotopic (exact) mass is 249 g/mol. The Hall–Kier alpha value is -1.62. The predicted octanol–water partition coefficient (Wildman–Crippen LogP) is 1.29. The van der Waals surface area contributed by atoms with E-state index in [1.807, 2.05) is 31.9 Å². The number of pyridine rings is 1. The van der Waals surface area contributed by atoms with Crippen LogP contribution in [0.4, 0.5) is 5.69 Å². The van der Waals surface area contributed by atoms with Crippen LogP contribution in [0, 0.1) is 6.92 Å². The number of aromatic nitrogens is 1. The largest absolute Gasteiger partial charge is 0.387 e. The molecule has 1 unspecified atom stereocenters. The summed E-state index contributed by atoms with van der Waals surface area (Å²) in [5.41, 5.74) is 2.34. The third-order valence-electron chi connectivity index (χ3n) is 3.07. The second-order valence-corrected chi connectivity index (χ2v) is 4.55. The van der Waals surface area contributed by atoms with E-state index >= 15 is 0 Å². The number of hydrogen-bond donors (Lipinski definition) is 1. The van der Waals surface area contributed by atoms with Gasteiger partial charge in [0.15, 0.2) is 0 Å². The third kappa shape index (κ3) is 2.61. The molecule has 1 aliphatic heterocycles. The third-order valence-corrected chi connectivity index (χ3v) is 3.07. The van der Waals surface area contributed by atoms with Crippen molar-refractivity contribution in [3.8, 4) is 0 Å². The molecule has 2 heterocycles. The Kier molecular flexibility index (Phi) is 3.81. The van der Waals surface area contributed by atoms with Crippen LogP contribution in [0.3, 0.4) is 0 Å². The van der Waals surface area contributed by atoms with E-state index in [2.05, 4.69) is 10.3 Å². The molecule has 0 aromatic carbocycles. The molecule has 0 radical (unpaired) electrons. The van der Waals surface area contributed by atoms with E-state index in [4.69, 9.17) is 4.74 Å². The van der Waals surface area contributed by atoms with E-state index in [1.165, 1.54) is 0 Å². The molecular formula is C13H19N3O2. The van der Waals surface area contributed by atoms with Gasteiger partial charge in [-0.05, 0) is 19.9 Å². The van der Waals surface area contributed by atoms with Crippen molar-refractivity contribution in [2.24, 2.45) is 0 Å². The van der Waals surface area contributed by atoms with Crippen molar-refractivity contribution >= 4 is 11.6 Å². The van der Waals surface area contributed by atoms with Crippen molar-refractivity contribution in [2.75, 3.05) is 32.1 Å². The molecule has 18 heavy (non-hydrogen) atoms. The number of carbonyl (C=O) groups excluding carboxylic acids is 1. The lowest BCUT2D eigenvalue weighted by molar-refractivity contribution is -0.0124. The van der Waals surface area contributed by atoms with Gasteiger partial charge in [0, 0.05) is 32.0 Å². The first-order valence-electron chi connectivity index (χ1n) is 6.17. The van der Waals surface area contributed by atoms with Crippen LogP contribution in [0.15, 0.2) is 12.3 Å². The molecule has 0 bridgehead atoms. The molecule has 1 amide bonds. The van der Waals surface area contributed by atoms with E-state index in [0.717, 1.165) is 11.4 Å². The van der Waals surface area contributed by atoms with Crippen molar-refractivity contribution < 1.29 is 9.53 Å². The first-order valence-corrected chi connectivity index (χ1v) is 6.17.